The number of aromatic nitrogens is 1. The Hall–Kier alpha value is -3.28. The molecule has 8 nitrogen and oxygen atoms in total. The molecule has 0 spiro atoms. The van der Waals surface area contributed by atoms with Crippen LogP contribution in [-0.2, 0) is 9.53 Å². The molecule has 198 valence electrons. The van der Waals surface area contributed by atoms with E-state index in [-0.39, 0.29) is 11.4 Å². The molecule has 0 atom stereocenters. The van der Waals surface area contributed by atoms with Crippen LogP contribution in [0.25, 0.3) is 16.3 Å². The van der Waals surface area contributed by atoms with Crippen LogP contribution in [0, 0.1) is 11.6 Å². The van der Waals surface area contributed by atoms with Crippen molar-refractivity contribution in [3.8, 4) is 17.2 Å². The number of rotatable bonds is 10. The summed E-state index contributed by atoms with van der Waals surface area (Å²) in [5.41, 5.74) is 0.703. The Kier molecular flexibility index (Phi) is 8.91. The number of carbonyl (C=O) groups is 1. The molecule has 37 heavy (non-hydrogen) atoms. The highest BCUT2D eigenvalue weighted by Crippen LogP contribution is 2.38. The van der Waals surface area contributed by atoms with Gasteiger partial charge in [-0.25, -0.2) is 13.8 Å². The molecule has 0 bridgehead atoms. The van der Waals surface area contributed by atoms with Crippen molar-refractivity contribution in [2.45, 2.75) is 6.42 Å². The minimum absolute atomic E-state index is 0.0426. The first-order valence-corrected chi connectivity index (χ1v) is 12.6. The lowest BCUT2D eigenvalue weighted by molar-refractivity contribution is -0.114. The molecule has 0 saturated carbocycles. The van der Waals surface area contributed by atoms with E-state index in [4.69, 9.17) is 18.9 Å². The smallest absolute Gasteiger partial charge is 0.252 e. The minimum Gasteiger partial charge on any atom is -0.493 e. The van der Waals surface area contributed by atoms with Crippen molar-refractivity contribution < 1.29 is 32.5 Å². The maximum Gasteiger partial charge on any atom is 0.252 e. The van der Waals surface area contributed by atoms with Gasteiger partial charge in [0, 0.05) is 38.3 Å². The van der Waals surface area contributed by atoms with Gasteiger partial charge in [0.1, 0.15) is 11.3 Å². The molecule has 0 N–H and O–H groups in total. The summed E-state index contributed by atoms with van der Waals surface area (Å²) >= 11 is 1.08. The van der Waals surface area contributed by atoms with Gasteiger partial charge in [0.2, 0.25) is 5.75 Å². The van der Waals surface area contributed by atoms with Gasteiger partial charge in [0.05, 0.1) is 39.2 Å². The van der Waals surface area contributed by atoms with E-state index in [0.29, 0.717) is 58.8 Å². The molecule has 0 unspecified atom stereocenters. The Balaban J connectivity index is 1.59. The number of hydrogen-bond acceptors (Lipinski definition) is 8. The predicted molar refractivity (Wildman–Crippen MR) is 139 cm³/mol. The molecule has 1 aromatic heterocycles. The topological polar surface area (TPSA) is 73.4 Å². The van der Waals surface area contributed by atoms with Crippen LogP contribution < -0.4 is 19.1 Å². The molecule has 1 aliphatic heterocycles. The first-order chi connectivity index (χ1) is 17.9. The van der Waals surface area contributed by atoms with Crippen LogP contribution in [0.1, 0.15) is 12.0 Å². The van der Waals surface area contributed by atoms with Crippen LogP contribution in [0.5, 0.6) is 17.2 Å². The number of hydrogen-bond donors (Lipinski definition) is 0. The summed E-state index contributed by atoms with van der Waals surface area (Å²) in [5.74, 6) is -0.420. The number of halogens is 2. The van der Waals surface area contributed by atoms with Gasteiger partial charge in [0.15, 0.2) is 22.4 Å². The van der Waals surface area contributed by atoms with Crippen LogP contribution in [0.2, 0.25) is 0 Å². The second-order valence-electron chi connectivity index (χ2n) is 8.32. The monoisotopic (exact) mass is 533 g/mol. The zero-order chi connectivity index (χ0) is 26.4. The number of ether oxygens (including phenoxy) is 4. The molecular formula is C26H29F2N3O5S. The number of anilines is 1. The minimum atomic E-state index is -0.758. The quantitative estimate of drug-likeness (QED) is 0.359. The highest BCUT2D eigenvalue weighted by molar-refractivity contribution is 7.22. The van der Waals surface area contributed by atoms with Gasteiger partial charge in [-0.15, -0.1) is 0 Å². The summed E-state index contributed by atoms with van der Waals surface area (Å²) in [5, 5.41) is 0.306. The molecule has 1 saturated heterocycles. The Morgan fingerprint density at radius 3 is 2.46 bits per heavy atom. The van der Waals surface area contributed by atoms with Gasteiger partial charge >= 0.3 is 0 Å². The maximum absolute atomic E-state index is 14.3. The van der Waals surface area contributed by atoms with E-state index in [9.17, 15) is 13.6 Å². The Bertz CT molecular complexity index is 1250. The van der Waals surface area contributed by atoms with E-state index in [1.54, 1.807) is 18.2 Å². The molecule has 2 heterocycles. The van der Waals surface area contributed by atoms with Crippen LogP contribution in [-0.4, -0.2) is 76.5 Å². The van der Waals surface area contributed by atoms with Crippen molar-refractivity contribution in [1.82, 2.24) is 9.88 Å². The summed E-state index contributed by atoms with van der Waals surface area (Å²) < 4.78 is 49.9. The normalized spacial score (nSPS) is 14.3. The number of amides is 1. The fourth-order valence-electron chi connectivity index (χ4n) is 4.09. The Morgan fingerprint density at radius 1 is 1.11 bits per heavy atom. The van der Waals surface area contributed by atoms with Gasteiger partial charge in [-0.3, -0.25) is 14.6 Å². The fraction of sp³-hybridized carbons (Fsp3) is 0.385. The van der Waals surface area contributed by atoms with Crippen LogP contribution in [0.15, 0.2) is 30.3 Å². The summed E-state index contributed by atoms with van der Waals surface area (Å²) in [6, 6.07) is 5.47. The molecular weight excluding hydrogens is 504 g/mol. The molecule has 11 heteroatoms. The summed E-state index contributed by atoms with van der Waals surface area (Å²) in [6.45, 7) is 4.17. The lowest BCUT2D eigenvalue weighted by Gasteiger charge is -2.27. The predicted octanol–water partition coefficient (Wildman–Crippen LogP) is 4.37. The number of methoxy groups -OCH3 is 3. The Morgan fingerprint density at radius 2 is 1.81 bits per heavy atom. The number of benzene rings is 2. The van der Waals surface area contributed by atoms with E-state index in [2.05, 4.69) is 9.88 Å². The highest BCUT2D eigenvalue weighted by Gasteiger charge is 2.21. The molecule has 1 fully saturated rings. The van der Waals surface area contributed by atoms with E-state index in [0.717, 1.165) is 37.0 Å². The van der Waals surface area contributed by atoms with E-state index < -0.39 is 11.6 Å². The highest BCUT2D eigenvalue weighted by atomic mass is 32.1. The third-order valence-corrected chi connectivity index (χ3v) is 6.99. The van der Waals surface area contributed by atoms with Crippen LogP contribution in [0.4, 0.5) is 13.9 Å². The fourth-order valence-corrected chi connectivity index (χ4v) is 5.13. The van der Waals surface area contributed by atoms with Gasteiger partial charge in [-0.2, -0.15) is 0 Å². The Labute approximate surface area is 218 Å². The lowest BCUT2D eigenvalue weighted by atomic mass is 10.1. The van der Waals surface area contributed by atoms with Crippen molar-refractivity contribution in [1.29, 1.82) is 0 Å². The molecule has 0 radical (unpaired) electrons. The summed E-state index contributed by atoms with van der Waals surface area (Å²) in [7, 11) is 4.55. The summed E-state index contributed by atoms with van der Waals surface area (Å²) in [4.78, 5) is 21.5. The van der Waals surface area contributed by atoms with Gasteiger partial charge in [-0.05, 0) is 36.3 Å². The SMILES string of the molecule is COc1cc(/C=C/C(=O)N(CCCN2CCOCC2)c2nc3c(F)cc(F)cc3s2)cc(OC)c1OC. The second-order valence-corrected chi connectivity index (χ2v) is 9.33. The number of thiazole rings is 1. The molecule has 3 aromatic rings. The van der Waals surface area contributed by atoms with Gasteiger partial charge in [0.25, 0.3) is 5.91 Å². The van der Waals surface area contributed by atoms with Crippen molar-refractivity contribution in [2.24, 2.45) is 0 Å². The molecule has 0 aliphatic carbocycles. The molecule has 2 aromatic carbocycles. The first-order valence-electron chi connectivity index (χ1n) is 11.8. The van der Waals surface area contributed by atoms with E-state index in [1.165, 1.54) is 38.4 Å². The van der Waals surface area contributed by atoms with Crippen LogP contribution >= 0.6 is 11.3 Å². The van der Waals surface area contributed by atoms with E-state index >= 15 is 0 Å². The third kappa shape index (κ3) is 6.35. The molecule has 1 amide bonds. The van der Waals surface area contributed by atoms with Gasteiger partial charge in [-0.1, -0.05) is 11.3 Å². The van der Waals surface area contributed by atoms with Crippen molar-refractivity contribution >= 4 is 38.7 Å². The number of fused-ring (bicyclic) bond motifs is 1. The van der Waals surface area contributed by atoms with Crippen LogP contribution in [0.3, 0.4) is 0 Å². The zero-order valence-electron chi connectivity index (χ0n) is 21.0. The van der Waals surface area contributed by atoms with Gasteiger partial charge < -0.3 is 18.9 Å². The average molecular weight is 534 g/mol. The number of carbonyl (C=O) groups excluding carboxylic acids is 1. The molecule has 4 rings (SSSR count). The average Bonchev–Trinajstić information content (AvgIpc) is 3.33. The lowest BCUT2D eigenvalue weighted by Crippen LogP contribution is -2.39. The standard InChI is InChI=1S/C26H29F2N3O5S/c1-33-20-13-17(14-21(34-2)25(20)35-3)5-6-23(32)31(8-4-7-30-9-11-36-12-10-30)26-29-24-19(28)15-18(27)16-22(24)37-26/h5-6,13-16H,4,7-12H2,1-3H3/b6-5+. The number of morpholine rings is 1. The third-order valence-electron chi connectivity index (χ3n) is 5.96. The number of nitrogens with zero attached hydrogens (tertiary/aromatic N) is 3. The first kappa shape index (κ1) is 26.8. The van der Waals surface area contributed by atoms with E-state index in [1.807, 2.05) is 0 Å². The van der Waals surface area contributed by atoms with Crippen molar-refractivity contribution in [2.75, 3.05) is 65.6 Å². The van der Waals surface area contributed by atoms with Crippen molar-refractivity contribution in [3.05, 3.63) is 47.5 Å². The zero-order valence-corrected chi connectivity index (χ0v) is 21.8. The van der Waals surface area contributed by atoms with Crippen molar-refractivity contribution in [3.63, 3.8) is 0 Å². The second kappa shape index (κ2) is 12.3. The maximum atomic E-state index is 14.3. The molecule has 1 aliphatic rings. The largest absolute Gasteiger partial charge is 0.493 e. The summed E-state index contributed by atoms with van der Waals surface area (Å²) in [6.07, 6.45) is 3.73.